The van der Waals surface area contributed by atoms with E-state index in [0.717, 1.165) is 0 Å². The van der Waals surface area contributed by atoms with Gasteiger partial charge in [0.2, 0.25) is 0 Å². The van der Waals surface area contributed by atoms with Crippen molar-refractivity contribution in [3.63, 3.8) is 0 Å². The van der Waals surface area contributed by atoms with Crippen molar-refractivity contribution in [3.05, 3.63) is 12.5 Å². The summed E-state index contributed by atoms with van der Waals surface area (Å²) in [6, 6.07) is -0.180. The fourth-order valence-corrected chi connectivity index (χ4v) is 2.45. The molecule has 1 heterocycles. The molecule has 80 valence electrons. The zero-order valence-electron chi connectivity index (χ0n) is 7.70. The largest absolute Gasteiger partial charge is 0.335 e. The molecule has 0 amide bonds. The molecule has 0 aromatic carbocycles. The van der Waals surface area contributed by atoms with E-state index >= 15 is 0 Å². The molecule has 2 N–H and O–H groups in total. The van der Waals surface area contributed by atoms with Crippen molar-refractivity contribution in [1.29, 1.82) is 0 Å². The topological polar surface area (TPSA) is 74.8 Å². The van der Waals surface area contributed by atoms with E-state index in [1.54, 1.807) is 6.92 Å². The maximum atomic E-state index is 11.6. The van der Waals surface area contributed by atoms with Gasteiger partial charge < -0.3 is 4.98 Å². The number of hydrogen-bond acceptors (Lipinski definition) is 3. The third-order valence-electron chi connectivity index (χ3n) is 1.66. The third kappa shape index (κ3) is 2.97. The minimum absolute atomic E-state index is 0.0684. The molecule has 0 aliphatic carbocycles. The Morgan fingerprint density at radius 1 is 1.71 bits per heavy atom. The standard InChI is InChI=1S/C7H12ClN3O2S/c1-6(2-3-8)11-14(12,13)7-4-9-5-10-7/h4-6,11H,2-3H2,1H3,(H,9,10). The highest BCUT2D eigenvalue weighted by molar-refractivity contribution is 7.89. The number of H-pyrrole nitrogens is 1. The molecule has 0 saturated carbocycles. The van der Waals surface area contributed by atoms with E-state index in [0.29, 0.717) is 12.3 Å². The van der Waals surface area contributed by atoms with Crippen LogP contribution in [-0.2, 0) is 10.0 Å². The lowest BCUT2D eigenvalue weighted by Crippen LogP contribution is -2.33. The average molecular weight is 238 g/mol. The molecule has 5 nitrogen and oxygen atoms in total. The summed E-state index contributed by atoms with van der Waals surface area (Å²) in [5, 5.41) is 0.0684. The number of nitrogens with zero attached hydrogens (tertiary/aromatic N) is 1. The number of halogens is 1. The highest BCUT2D eigenvalue weighted by Crippen LogP contribution is 2.04. The fraction of sp³-hybridized carbons (Fsp3) is 0.571. The number of alkyl halides is 1. The van der Waals surface area contributed by atoms with Gasteiger partial charge in [0.05, 0.1) is 12.5 Å². The molecule has 0 spiro atoms. The second kappa shape index (κ2) is 4.77. The molecule has 0 saturated heterocycles. The number of hydrogen-bond donors (Lipinski definition) is 2. The van der Waals surface area contributed by atoms with Crippen LogP contribution in [0, 0.1) is 0 Å². The summed E-state index contributed by atoms with van der Waals surface area (Å²) in [6.07, 6.45) is 3.17. The fourth-order valence-electron chi connectivity index (χ4n) is 0.941. The Morgan fingerprint density at radius 3 is 2.93 bits per heavy atom. The molecule has 0 fully saturated rings. The van der Waals surface area contributed by atoms with Crippen LogP contribution in [0.25, 0.3) is 0 Å². The van der Waals surface area contributed by atoms with Crippen LogP contribution >= 0.6 is 11.6 Å². The van der Waals surface area contributed by atoms with Crippen LogP contribution in [0.2, 0.25) is 0 Å². The lowest BCUT2D eigenvalue weighted by atomic mass is 10.3. The lowest BCUT2D eigenvalue weighted by Gasteiger charge is -2.10. The molecule has 7 heteroatoms. The van der Waals surface area contributed by atoms with Gasteiger partial charge in [-0.25, -0.2) is 18.1 Å². The predicted molar refractivity (Wildman–Crippen MR) is 53.7 cm³/mol. The number of nitrogens with one attached hydrogen (secondary N) is 2. The van der Waals surface area contributed by atoms with E-state index < -0.39 is 10.0 Å². The van der Waals surface area contributed by atoms with Crippen LogP contribution in [0.4, 0.5) is 0 Å². The Balaban J connectivity index is 2.68. The average Bonchev–Trinajstić information content (AvgIpc) is 2.54. The number of aromatic nitrogens is 2. The Hall–Kier alpha value is -0.590. The molecule has 1 aromatic heterocycles. The summed E-state index contributed by atoms with van der Waals surface area (Å²) < 4.78 is 25.6. The maximum absolute atomic E-state index is 11.6. The maximum Gasteiger partial charge on any atom is 0.257 e. The zero-order valence-corrected chi connectivity index (χ0v) is 9.27. The van der Waals surface area contributed by atoms with Crippen LogP contribution in [-0.4, -0.2) is 30.3 Å². The van der Waals surface area contributed by atoms with Gasteiger partial charge in [0.1, 0.15) is 0 Å². The summed E-state index contributed by atoms with van der Waals surface area (Å²) in [5.74, 6) is 0.423. The molecule has 1 atom stereocenters. The normalized spacial score (nSPS) is 14.1. The van der Waals surface area contributed by atoms with Gasteiger partial charge in [0, 0.05) is 11.9 Å². The Kier molecular flexibility index (Phi) is 3.91. The SMILES string of the molecule is CC(CCCl)NS(=O)(=O)c1cnc[nH]1. The monoisotopic (exact) mass is 237 g/mol. The van der Waals surface area contributed by atoms with E-state index in [-0.39, 0.29) is 11.1 Å². The van der Waals surface area contributed by atoms with E-state index in [2.05, 4.69) is 14.7 Å². The lowest BCUT2D eigenvalue weighted by molar-refractivity contribution is 0.554. The minimum Gasteiger partial charge on any atom is -0.335 e. The second-order valence-corrected chi connectivity index (χ2v) is 4.98. The first kappa shape index (κ1) is 11.5. The van der Waals surface area contributed by atoms with Crippen LogP contribution in [0.3, 0.4) is 0 Å². The molecule has 0 radical (unpaired) electrons. The van der Waals surface area contributed by atoms with Gasteiger partial charge in [-0.2, -0.15) is 0 Å². The minimum atomic E-state index is -3.47. The van der Waals surface area contributed by atoms with Crippen molar-refractivity contribution in [2.75, 3.05) is 5.88 Å². The molecular weight excluding hydrogens is 226 g/mol. The van der Waals surface area contributed by atoms with Gasteiger partial charge in [0.15, 0.2) is 5.03 Å². The van der Waals surface area contributed by atoms with Gasteiger partial charge in [-0.15, -0.1) is 11.6 Å². The quantitative estimate of drug-likeness (QED) is 0.741. The highest BCUT2D eigenvalue weighted by atomic mass is 35.5. The number of imidazole rings is 1. The predicted octanol–water partition coefficient (Wildman–Crippen LogP) is 0.705. The summed E-state index contributed by atoms with van der Waals surface area (Å²) in [5.41, 5.74) is 0. The molecule has 1 unspecified atom stereocenters. The van der Waals surface area contributed by atoms with Crippen LogP contribution in [0.1, 0.15) is 13.3 Å². The molecular formula is C7H12ClN3O2S. The van der Waals surface area contributed by atoms with Gasteiger partial charge in [-0.05, 0) is 13.3 Å². The van der Waals surface area contributed by atoms with Gasteiger partial charge >= 0.3 is 0 Å². The first-order valence-corrected chi connectivity index (χ1v) is 6.14. The van der Waals surface area contributed by atoms with Crippen molar-refractivity contribution in [2.45, 2.75) is 24.4 Å². The van der Waals surface area contributed by atoms with Crippen molar-refractivity contribution in [2.24, 2.45) is 0 Å². The van der Waals surface area contributed by atoms with E-state index in [4.69, 9.17) is 11.6 Å². The molecule has 1 aromatic rings. The highest BCUT2D eigenvalue weighted by Gasteiger charge is 2.17. The molecule has 0 bridgehead atoms. The van der Waals surface area contributed by atoms with Crippen LogP contribution < -0.4 is 4.72 Å². The van der Waals surface area contributed by atoms with Crippen molar-refractivity contribution < 1.29 is 8.42 Å². The van der Waals surface area contributed by atoms with Crippen LogP contribution in [0.15, 0.2) is 17.6 Å². The second-order valence-electron chi connectivity index (χ2n) is 2.92. The summed E-state index contributed by atoms with van der Waals surface area (Å²) >= 11 is 5.50. The number of sulfonamides is 1. The van der Waals surface area contributed by atoms with Gasteiger partial charge in [-0.1, -0.05) is 0 Å². The smallest absolute Gasteiger partial charge is 0.257 e. The van der Waals surface area contributed by atoms with Gasteiger partial charge in [0.25, 0.3) is 10.0 Å². The van der Waals surface area contributed by atoms with E-state index in [1.807, 2.05) is 0 Å². The molecule has 1 rings (SSSR count). The molecule has 14 heavy (non-hydrogen) atoms. The number of rotatable bonds is 5. The number of aromatic amines is 1. The summed E-state index contributed by atoms with van der Waals surface area (Å²) in [4.78, 5) is 6.17. The van der Waals surface area contributed by atoms with Crippen molar-refractivity contribution >= 4 is 21.6 Å². The summed E-state index contributed by atoms with van der Waals surface area (Å²) in [7, 11) is -3.47. The van der Waals surface area contributed by atoms with E-state index in [1.165, 1.54) is 12.5 Å². The molecule has 0 aliphatic heterocycles. The first-order valence-electron chi connectivity index (χ1n) is 4.13. The Morgan fingerprint density at radius 2 is 2.43 bits per heavy atom. The third-order valence-corrected chi connectivity index (χ3v) is 3.39. The molecule has 0 aliphatic rings. The van der Waals surface area contributed by atoms with Crippen LogP contribution in [0.5, 0.6) is 0 Å². The van der Waals surface area contributed by atoms with Gasteiger partial charge in [-0.3, -0.25) is 0 Å². The zero-order chi connectivity index (χ0) is 10.6. The van der Waals surface area contributed by atoms with E-state index in [9.17, 15) is 8.42 Å². The Labute approximate surface area is 87.9 Å². The van der Waals surface area contributed by atoms with Crippen molar-refractivity contribution in [1.82, 2.24) is 14.7 Å². The Bertz CT molecular complexity index is 362. The summed E-state index contributed by atoms with van der Waals surface area (Å²) in [6.45, 7) is 1.76. The van der Waals surface area contributed by atoms with Crippen molar-refractivity contribution in [3.8, 4) is 0 Å². The first-order chi connectivity index (χ1) is 6.56.